The number of alkyl halides is 3. The molecule has 0 bridgehead atoms. The Kier molecular flexibility index (Phi) is 5.47. The predicted octanol–water partition coefficient (Wildman–Crippen LogP) is 2.72. The minimum atomic E-state index is -3.34. The van der Waals surface area contributed by atoms with Gasteiger partial charge in [-0.2, -0.15) is 0 Å². The normalized spacial score (nSPS) is 18.5. The third-order valence-electron chi connectivity index (χ3n) is 3.87. The molecule has 118 valence electrons. The first-order chi connectivity index (χ1) is 10.0. The molecule has 0 aliphatic carbocycles. The lowest BCUT2D eigenvalue weighted by Crippen LogP contribution is -2.49. The van der Waals surface area contributed by atoms with Crippen LogP contribution in [-0.2, 0) is 6.54 Å². The van der Waals surface area contributed by atoms with E-state index >= 15 is 0 Å². The summed E-state index contributed by atoms with van der Waals surface area (Å²) in [5.74, 6) is -3.57. The molecule has 2 N–H and O–H groups in total. The SMILES string of the molecule is COc1ccc(CNC(F)C(F)(F)C2CCNCC2)cc1. The molecular weight excluding hydrogens is 281 g/mol. The highest BCUT2D eigenvalue weighted by molar-refractivity contribution is 5.27. The number of benzene rings is 1. The number of piperidine rings is 1. The van der Waals surface area contributed by atoms with Gasteiger partial charge in [0, 0.05) is 12.5 Å². The standard InChI is InChI=1S/C15H21F3N2O/c1-21-13-4-2-11(3-5-13)10-20-14(16)15(17,18)12-6-8-19-9-7-12/h2-5,12,14,19-20H,6-10H2,1H3. The Morgan fingerprint density at radius 2 is 1.90 bits per heavy atom. The van der Waals surface area contributed by atoms with Crippen LogP contribution in [0.4, 0.5) is 13.2 Å². The minimum absolute atomic E-state index is 0.0612. The smallest absolute Gasteiger partial charge is 0.294 e. The second-order valence-corrected chi connectivity index (χ2v) is 5.29. The molecule has 2 rings (SSSR count). The molecule has 6 heteroatoms. The van der Waals surface area contributed by atoms with E-state index in [-0.39, 0.29) is 6.54 Å². The zero-order valence-electron chi connectivity index (χ0n) is 12.0. The molecule has 1 aliphatic heterocycles. The minimum Gasteiger partial charge on any atom is -0.497 e. The molecule has 0 saturated carbocycles. The van der Waals surface area contributed by atoms with Crippen LogP contribution >= 0.6 is 0 Å². The van der Waals surface area contributed by atoms with Crippen molar-refractivity contribution in [2.75, 3.05) is 20.2 Å². The lowest BCUT2D eigenvalue weighted by atomic mass is 9.90. The van der Waals surface area contributed by atoms with Crippen LogP contribution in [0.1, 0.15) is 18.4 Å². The third-order valence-corrected chi connectivity index (χ3v) is 3.87. The number of ether oxygens (including phenoxy) is 1. The van der Waals surface area contributed by atoms with Crippen molar-refractivity contribution < 1.29 is 17.9 Å². The second-order valence-electron chi connectivity index (χ2n) is 5.29. The molecule has 1 atom stereocenters. The van der Waals surface area contributed by atoms with E-state index in [1.54, 1.807) is 31.4 Å². The zero-order valence-corrected chi connectivity index (χ0v) is 12.0. The van der Waals surface area contributed by atoms with Gasteiger partial charge in [0.2, 0.25) is 6.30 Å². The van der Waals surface area contributed by atoms with E-state index in [1.165, 1.54) is 0 Å². The van der Waals surface area contributed by atoms with Crippen LogP contribution in [0.25, 0.3) is 0 Å². The number of methoxy groups -OCH3 is 1. The summed E-state index contributed by atoms with van der Waals surface area (Å²) in [5.41, 5.74) is 0.736. The Balaban J connectivity index is 1.88. The summed E-state index contributed by atoms with van der Waals surface area (Å²) in [6, 6.07) is 6.88. The van der Waals surface area contributed by atoms with E-state index in [2.05, 4.69) is 10.6 Å². The summed E-state index contributed by atoms with van der Waals surface area (Å²) in [6.45, 7) is 1.10. The van der Waals surface area contributed by atoms with Crippen molar-refractivity contribution in [2.45, 2.75) is 31.6 Å². The molecule has 0 radical (unpaired) electrons. The van der Waals surface area contributed by atoms with E-state index in [4.69, 9.17) is 4.74 Å². The zero-order chi connectivity index (χ0) is 15.3. The summed E-state index contributed by atoms with van der Waals surface area (Å²) in [6.07, 6.45) is -1.72. The van der Waals surface area contributed by atoms with Gasteiger partial charge in [0.25, 0.3) is 5.92 Å². The highest BCUT2D eigenvalue weighted by atomic mass is 19.3. The molecule has 0 aromatic heterocycles. The van der Waals surface area contributed by atoms with Crippen molar-refractivity contribution in [3.05, 3.63) is 29.8 Å². The van der Waals surface area contributed by atoms with Crippen LogP contribution in [0, 0.1) is 5.92 Å². The van der Waals surface area contributed by atoms with Crippen LogP contribution in [0.2, 0.25) is 0 Å². The molecule has 1 aliphatic rings. The lowest BCUT2D eigenvalue weighted by molar-refractivity contribution is -0.136. The molecule has 0 amide bonds. The van der Waals surface area contributed by atoms with Crippen molar-refractivity contribution in [1.82, 2.24) is 10.6 Å². The van der Waals surface area contributed by atoms with Crippen LogP contribution in [0.15, 0.2) is 24.3 Å². The van der Waals surface area contributed by atoms with E-state index in [1.807, 2.05) is 0 Å². The molecule has 1 fully saturated rings. The maximum absolute atomic E-state index is 14.0. The van der Waals surface area contributed by atoms with Gasteiger partial charge in [-0.25, -0.2) is 13.2 Å². The first kappa shape index (κ1) is 16.1. The number of halogens is 3. The molecule has 1 aromatic carbocycles. The Bertz CT molecular complexity index is 433. The Morgan fingerprint density at radius 1 is 1.29 bits per heavy atom. The first-order valence-corrected chi connectivity index (χ1v) is 7.13. The summed E-state index contributed by atoms with van der Waals surface area (Å²) in [5, 5.41) is 5.30. The van der Waals surface area contributed by atoms with Gasteiger partial charge in [-0.05, 0) is 43.6 Å². The highest BCUT2D eigenvalue weighted by Gasteiger charge is 2.47. The van der Waals surface area contributed by atoms with Crippen molar-refractivity contribution in [2.24, 2.45) is 5.92 Å². The predicted molar refractivity (Wildman–Crippen MR) is 75.3 cm³/mol. The topological polar surface area (TPSA) is 33.3 Å². The van der Waals surface area contributed by atoms with Gasteiger partial charge < -0.3 is 10.1 Å². The molecule has 1 aromatic rings. The Hall–Kier alpha value is -1.27. The van der Waals surface area contributed by atoms with Crippen molar-refractivity contribution in [3.8, 4) is 5.75 Å². The fraction of sp³-hybridized carbons (Fsp3) is 0.600. The molecule has 21 heavy (non-hydrogen) atoms. The maximum atomic E-state index is 14.0. The summed E-state index contributed by atoms with van der Waals surface area (Å²) in [4.78, 5) is 0. The van der Waals surface area contributed by atoms with E-state index < -0.39 is 18.1 Å². The first-order valence-electron chi connectivity index (χ1n) is 7.13. The van der Waals surface area contributed by atoms with Crippen LogP contribution in [0.3, 0.4) is 0 Å². The van der Waals surface area contributed by atoms with E-state index in [9.17, 15) is 13.2 Å². The fourth-order valence-corrected chi connectivity index (χ4v) is 2.50. The molecular formula is C15H21F3N2O. The lowest BCUT2D eigenvalue weighted by Gasteiger charge is -2.32. The van der Waals surface area contributed by atoms with Gasteiger partial charge >= 0.3 is 0 Å². The molecule has 1 saturated heterocycles. The van der Waals surface area contributed by atoms with E-state index in [0.717, 1.165) is 5.56 Å². The average Bonchev–Trinajstić information content (AvgIpc) is 2.53. The maximum Gasteiger partial charge on any atom is 0.294 e. The van der Waals surface area contributed by atoms with Crippen molar-refractivity contribution in [3.63, 3.8) is 0 Å². The number of rotatable bonds is 6. The molecule has 1 heterocycles. The summed E-state index contributed by atoms with van der Waals surface area (Å²) >= 11 is 0. The number of hydrogen-bond donors (Lipinski definition) is 2. The van der Waals surface area contributed by atoms with Crippen LogP contribution < -0.4 is 15.4 Å². The van der Waals surface area contributed by atoms with Crippen LogP contribution in [-0.4, -0.2) is 32.4 Å². The second kappa shape index (κ2) is 7.13. The Morgan fingerprint density at radius 3 is 2.48 bits per heavy atom. The van der Waals surface area contributed by atoms with Gasteiger partial charge in [-0.3, -0.25) is 5.32 Å². The summed E-state index contributed by atoms with van der Waals surface area (Å²) in [7, 11) is 1.55. The van der Waals surface area contributed by atoms with Crippen molar-refractivity contribution >= 4 is 0 Å². The highest BCUT2D eigenvalue weighted by Crippen LogP contribution is 2.35. The fourth-order valence-electron chi connectivity index (χ4n) is 2.50. The van der Waals surface area contributed by atoms with Gasteiger partial charge in [-0.1, -0.05) is 12.1 Å². The largest absolute Gasteiger partial charge is 0.497 e. The number of hydrogen-bond acceptors (Lipinski definition) is 3. The van der Waals surface area contributed by atoms with Gasteiger partial charge in [0.15, 0.2) is 0 Å². The van der Waals surface area contributed by atoms with Gasteiger partial charge in [0.05, 0.1) is 7.11 Å². The quantitative estimate of drug-likeness (QED) is 0.793. The number of nitrogens with one attached hydrogen (secondary N) is 2. The van der Waals surface area contributed by atoms with Crippen LogP contribution in [0.5, 0.6) is 5.75 Å². The molecule has 0 spiro atoms. The van der Waals surface area contributed by atoms with Gasteiger partial charge in [0.1, 0.15) is 5.75 Å². The van der Waals surface area contributed by atoms with E-state index in [0.29, 0.717) is 31.7 Å². The average molecular weight is 302 g/mol. The Labute approximate surface area is 122 Å². The monoisotopic (exact) mass is 302 g/mol. The van der Waals surface area contributed by atoms with Gasteiger partial charge in [-0.15, -0.1) is 0 Å². The summed E-state index contributed by atoms with van der Waals surface area (Å²) < 4.78 is 47.0. The molecule has 3 nitrogen and oxygen atoms in total. The van der Waals surface area contributed by atoms with Crippen molar-refractivity contribution in [1.29, 1.82) is 0 Å². The molecule has 1 unspecified atom stereocenters. The third kappa shape index (κ3) is 4.11.